The van der Waals surface area contributed by atoms with Crippen molar-refractivity contribution < 1.29 is 14.3 Å². The van der Waals surface area contributed by atoms with Crippen molar-refractivity contribution in [3.63, 3.8) is 0 Å². The highest BCUT2D eigenvalue weighted by Crippen LogP contribution is 2.23. The summed E-state index contributed by atoms with van der Waals surface area (Å²) in [7, 11) is 3.03. The average Bonchev–Trinajstić information content (AvgIpc) is 2.57. The van der Waals surface area contributed by atoms with Crippen LogP contribution in [0.3, 0.4) is 0 Å². The van der Waals surface area contributed by atoms with Gasteiger partial charge in [0, 0.05) is 24.8 Å². The number of carbonyl (C=O) groups excluding carboxylic acids is 1. The van der Waals surface area contributed by atoms with Crippen LogP contribution in [0.4, 0.5) is 0 Å². The van der Waals surface area contributed by atoms with E-state index in [0.29, 0.717) is 35.7 Å². The normalized spacial score (nSPS) is 10.2. The molecule has 7 nitrogen and oxygen atoms in total. The Morgan fingerprint density at radius 1 is 1.30 bits per heavy atom. The van der Waals surface area contributed by atoms with Gasteiger partial charge in [-0.15, -0.1) is 0 Å². The molecule has 0 unspecified atom stereocenters. The van der Waals surface area contributed by atoms with E-state index in [1.807, 2.05) is 0 Å². The van der Waals surface area contributed by atoms with E-state index < -0.39 is 0 Å². The molecule has 1 heterocycles. The molecular formula is C16H19N3O4. The molecule has 122 valence electrons. The van der Waals surface area contributed by atoms with Gasteiger partial charge in [0.05, 0.1) is 26.1 Å². The van der Waals surface area contributed by atoms with Crippen molar-refractivity contribution in [1.29, 1.82) is 0 Å². The standard InChI is InChI=1S/C16H19N3O4/c1-11-9-17-10-19(16(11)21)7-6-18-15(20)13-8-12(22-2)4-5-14(13)23-3/h4-5,8-10H,6-7H2,1-3H3,(H,18,20). The number of ether oxygens (including phenoxy) is 2. The van der Waals surface area contributed by atoms with E-state index in [1.165, 1.54) is 31.3 Å². The van der Waals surface area contributed by atoms with Gasteiger partial charge in [0.1, 0.15) is 11.5 Å². The maximum atomic E-state index is 12.3. The van der Waals surface area contributed by atoms with Gasteiger partial charge in [0.2, 0.25) is 0 Å². The molecule has 0 spiro atoms. The van der Waals surface area contributed by atoms with E-state index in [9.17, 15) is 9.59 Å². The van der Waals surface area contributed by atoms with Crippen LogP contribution in [0.2, 0.25) is 0 Å². The van der Waals surface area contributed by atoms with Crippen LogP contribution in [-0.4, -0.2) is 36.2 Å². The van der Waals surface area contributed by atoms with E-state index in [0.717, 1.165) is 0 Å². The van der Waals surface area contributed by atoms with Crippen molar-refractivity contribution in [3.8, 4) is 11.5 Å². The summed E-state index contributed by atoms with van der Waals surface area (Å²) in [5.41, 5.74) is 0.822. The number of amides is 1. The summed E-state index contributed by atoms with van der Waals surface area (Å²) >= 11 is 0. The fourth-order valence-corrected chi connectivity index (χ4v) is 2.10. The second-order valence-electron chi connectivity index (χ2n) is 4.90. The van der Waals surface area contributed by atoms with Gasteiger partial charge >= 0.3 is 0 Å². The SMILES string of the molecule is COc1ccc(OC)c(C(=O)NCCn2cncc(C)c2=O)c1. The molecule has 0 bridgehead atoms. The van der Waals surface area contributed by atoms with Gasteiger partial charge < -0.3 is 14.8 Å². The molecule has 0 radical (unpaired) electrons. The number of nitrogens with one attached hydrogen (secondary N) is 1. The summed E-state index contributed by atoms with van der Waals surface area (Å²) in [5, 5.41) is 2.76. The number of aromatic nitrogens is 2. The Balaban J connectivity index is 2.05. The van der Waals surface area contributed by atoms with Gasteiger partial charge in [0.15, 0.2) is 0 Å². The Hall–Kier alpha value is -2.83. The second-order valence-corrected chi connectivity index (χ2v) is 4.90. The van der Waals surface area contributed by atoms with Gasteiger partial charge in [0.25, 0.3) is 11.5 Å². The minimum atomic E-state index is -0.297. The highest BCUT2D eigenvalue weighted by atomic mass is 16.5. The lowest BCUT2D eigenvalue weighted by atomic mass is 10.1. The molecule has 0 aliphatic carbocycles. The fourth-order valence-electron chi connectivity index (χ4n) is 2.10. The van der Waals surface area contributed by atoms with Crippen LogP contribution in [-0.2, 0) is 6.54 Å². The van der Waals surface area contributed by atoms with E-state index in [2.05, 4.69) is 10.3 Å². The molecule has 1 aromatic heterocycles. The first-order valence-electron chi connectivity index (χ1n) is 7.08. The van der Waals surface area contributed by atoms with Crippen LogP contribution >= 0.6 is 0 Å². The summed E-state index contributed by atoms with van der Waals surface area (Å²) in [6.45, 7) is 2.33. The molecule has 2 aromatic rings. The molecular weight excluding hydrogens is 298 g/mol. The molecule has 0 saturated carbocycles. The van der Waals surface area contributed by atoms with Crippen LogP contribution in [0.15, 0.2) is 35.5 Å². The zero-order valence-corrected chi connectivity index (χ0v) is 13.3. The van der Waals surface area contributed by atoms with Crippen molar-refractivity contribution in [2.45, 2.75) is 13.5 Å². The Kier molecular flexibility index (Phi) is 5.35. The van der Waals surface area contributed by atoms with E-state index in [4.69, 9.17) is 9.47 Å². The van der Waals surface area contributed by atoms with E-state index in [-0.39, 0.29) is 11.5 Å². The molecule has 1 amide bonds. The zero-order valence-electron chi connectivity index (χ0n) is 13.3. The van der Waals surface area contributed by atoms with E-state index in [1.54, 1.807) is 25.1 Å². The molecule has 1 N–H and O–H groups in total. The first-order chi connectivity index (χ1) is 11.1. The van der Waals surface area contributed by atoms with Crippen LogP contribution in [0.5, 0.6) is 11.5 Å². The number of hydrogen-bond acceptors (Lipinski definition) is 5. The average molecular weight is 317 g/mol. The summed E-state index contributed by atoms with van der Waals surface area (Å²) in [6.07, 6.45) is 2.96. The molecule has 0 atom stereocenters. The van der Waals surface area contributed by atoms with Crippen molar-refractivity contribution in [3.05, 3.63) is 52.2 Å². The van der Waals surface area contributed by atoms with Crippen molar-refractivity contribution in [2.75, 3.05) is 20.8 Å². The zero-order chi connectivity index (χ0) is 16.8. The lowest BCUT2D eigenvalue weighted by Crippen LogP contribution is -2.31. The third-order valence-electron chi connectivity index (χ3n) is 3.36. The Morgan fingerprint density at radius 2 is 2.09 bits per heavy atom. The first-order valence-corrected chi connectivity index (χ1v) is 7.08. The smallest absolute Gasteiger partial charge is 0.256 e. The van der Waals surface area contributed by atoms with Gasteiger partial charge in [-0.3, -0.25) is 14.2 Å². The first kappa shape index (κ1) is 16.5. The highest BCUT2D eigenvalue weighted by molar-refractivity contribution is 5.97. The maximum absolute atomic E-state index is 12.3. The minimum Gasteiger partial charge on any atom is -0.497 e. The van der Waals surface area contributed by atoms with Crippen molar-refractivity contribution in [1.82, 2.24) is 14.9 Å². The molecule has 23 heavy (non-hydrogen) atoms. The van der Waals surface area contributed by atoms with Crippen LogP contribution in [0, 0.1) is 6.92 Å². The van der Waals surface area contributed by atoms with Gasteiger partial charge in [-0.2, -0.15) is 0 Å². The lowest BCUT2D eigenvalue weighted by molar-refractivity contribution is 0.0948. The monoisotopic (exact) mass is 317 g/mol. The van der Waals surface area contributed by atoms with Crippen molar-refractivity contribution >= 4 is 5.91 Å². The molecule has 0 fully saturated rings. The van der Waals surface area contributed by atoms with Crippen LogP contribution < -0.4 is 20.3 Å². The summed E-state index contributed by atoms with van der Waals surface area (Å²) < 4.78 is 11.8. The Bertz CT molecular complexity index is 755. The predicted molar refractivity (Wildman–Crippen MR) is 85.1 cm³/mol. The predicted octanol–water partition coefficient (Wildman–Crippen LogP) is 0.999. The number of nitrogens with zero attached hydrogens (tertiary/aromatic N) is 2. The molecule has 0 aliphatic rings. The minimum absolute atomic E-state index is 0.117. The molecule has 0 aliphatic heterocycles. The second kappa shape index (κ2) is 7.44. The molecule has 0 saturated heterocycles. The lowest BCUT2D eigenvalue weighted by Gasteiger charge is -2.11. The molecule has 2 rings (SSSR count). The van der Waals surface area contributed by atoms with Gasteiger partial charge in [-0.05, 0) is 25.1 Å². The summed E-state index contributed by atoms with van der Waals surface area (Å²) in [4.78, 5) is 28.1. The highest BCUT2D eigenvalue weighted by Gasteiger charge is 2.13. The Labute approximate surface area is 133 Å². The summed E-state index contributed by atoms with van der Waals surface area (Å²) in [6, 6.07) is 4.99. The van der Waals surface area contributed by atoms with Gasteiger partial charge in [-0.25, -0.2) is 4.98 Å². The number of aryl methyl sites for hydroxylation is 1. The summed E-state index contributed by atoms with van der Waals surface area (Å²) in [5.74, 6) is 0.724. The Morgan fingerprint density at radius 3 is 2.78 bits per heavy atom. The number of benzene rings is 1. The number of rotatable bonds is 6. The molecule has 7 heteroatoms. The topological polar surface area (TPSA) is 82.4 Å². The van der Waals surface area contributed by atoms with Crippen molar-refractivity contribution in [2.24, 2.45) is 0 Å². The van der Waals surface area contributed by atoms with E-state index >= 15 is 0 Å². The number of carbonyl (C=O) groups is 1. The van der Waals surface area contributed by atoms with Crippen LogP contribution in [0.25, 0.3) is 0 Å². The maximum Gasteiger partial charge on any atom is 0.256 e. The largest absolute Gasteiger partial charge is 0.497 e. The number of methoxy groups -OCH3 is 2. The number of hydrogen-bond donors (Lipinski definition) is 1. The third kappa shape index (κ3) is 3.88. The quantitative estimate of drug-likeness (QED) is 0.859. The van der Waals surface area contributed by atoms with Gasteiger partial charge in [-0.1, -0.05) is 0 Å². The molecule has 1 aromatic carbocycles. The van der Waals surface area contributed by atoms with Crippen LogP contribution in [0.1, 0.15) is 15.9 Å². The fraction of sp³-hybridized carbons (Fsp3) is 0.312. The third-order valence-corrected chi connectivity index (χ3v) is 3.36.